The van der Waals surface area contributed by atoms with Crippen LogP contribution in [-0.4, -0.2) is 10.2 Å². The van der Waals surface area contributed by atoms with E-state index in [0.29, 0.717) is 23.3 Å². The Morgan fingerprint density at radius 1 is 1.14 bits per heavy atom. The number of rotatable bonds is 5. The number of benzene rings is 2. The Balaban J connectivity index is 1.75. The number of nitrogens with two attached hydrogens (primary N) is 1. The van der Waals surface area contributed by atoms with Gasteiger partial charge in [-0.25, -0.2) is 5.84 Å². The summed E-state index contributed by atoms with van der Waals surface area (Å²) in [5.41, 5.74) is 3.96. The Hall–Kier alpha value is -2.57. The van der Waals surface area contributed by atoms with Gasteiger partial charge < -0.3 is 9.15 Å². The topological polar surface area (TPSA) is 86.2 Å². The Morgan fingerprint density at radius 3 is 2.77 bits per heavy atom. The molecule has 112 valence electrons. The Labute approximate surface area is 131 Å². The van der Waals surface area contributed by atoms with Gasteiger partial charge in [-0.15, -0.1) is 5.10 Å². The molecule has 0 aliphatic rings. The van der Waals surface area contributed by atoms with Crippen LogP contribution >= 0.6 is 11.6 Å². The monoisotopic (exact) mass is 316 g/mol. The summed E-state index contributed by atoms with van der Waals surface area (Å²) >= 11 is 6.10. The van der Waals surface area contributed by atoms with Crippen LogP contribution in [0.3, 0.4) is 0 Å². The van der Waals surface area contributed by atoms with Crippen LogP contribution in [0.25, 0.3) is 11.5 Å². The van der Waals surface area contributed by atoms with Gasteiger partial charge in [0.25, 0.3) is 0 Å². The number of halogens is 1. The van der Waals surface area contributed by atoms with Gasteiger partial charge in [0.2, 0.25) is 5.89 Å². The molecular formula is C15H13ClN4O2. The Kier molecular flexibility index (Phi) is 4.22. The lowest BCUT2D eigenvalue weighted by molar-refractivity contribution is 0.306. The molecule has 1 aromatic heterocycles. The number of hydrogen-bond donors (Lipinski definition) is 2. The van der Waals surface area contributed by atoms with Crippen molar-refractivity contribution >= 4 is 17.6 Å². The van der Waals surface area contributed by atoms with E-state index in [1.165, 1.54) is 0 Å². The third kappa shape index (κ3) is 3.19. The first kappa shape index (κ1) is 14.4. The van der Waals surface area contributed by atoms with E-state index < -0.39 is 0 Å². The van der Waals surface area contributed by atoms with E-state index >= 15 is 0 Å². The highest BCUT2D eigenvalue weighted by Gasteiger charge is 2.09. The smallest absolute Gasteiger partial charge is 0.330 e. The molecule has 2 aromatic carbocycles. The van der Waals surface area contributed by atoms with Crippen molar-refractivity contribution in [1.82, 2.24) is 10.2 Å². The lowest BCUT2D eigenvalue weighted by Crippen LogP contribution is -2.06. The van der Waals surface area contributed by atoms with Crippen molar-refractivity contribution in [2.24, 2.45) is 5.84 Å². The molecule has 0 unspecified atom stereocenters. The number of ether oxygens (including phenoxy) is 1. The maximum absolute atomic E-state index is 6.10. The van der Waals surface area contributed by atoms with E-state index in [-0.39, 0.29) is 6.01 Å². The van der Waals surface area contributed by atoms with Crippen molar-refractivity contribution in [2.75, 3.05) is 5.43 Å². The van der Waals surface area contributed by atoms with Gasteiger partial charge in [0.1, 0.15) is 12.4 Å². The quantitative estimate of drug-likeness (QED) is 0.555. The molecule has 22 heavy (non-hydrogen) atoms. The first-order valence-electron chi connectivity index (χ1n) is 6.53. The normalized spacial score (nSPS) is 10.5. The second kappa shape index (κ2) is 6.46. The first-order valence-corrected chi connectivity index (χ1v) is 6.91. The molecule has 0 spiro atoms. The first-order chi connectivity index (χ1) is 10.8. The Bertz CT molecular complexity index is 775. The summed E-state index contributed by atoms with van der Waals surface area (Å²) in [4.78, 5) is 0. The van der Waals surface area contributed by atoms with Crippen molar-refractivity contribution in [3.8, 4) is 17.2 Å². The summed E-state index contributed by atoms with van der Waals surface area (Å²) in [7, 11) is 0. The largest absolute Gasteiger partial charge is 0.489 e. The molecule has 0 fully saturated rings. The molecule has 0 bridgehead atoms. The number of nitrogen functional groups attached to an aromatic ring is 1. The molecule has 0 amide bonds. The van der Waals surface area contributed by atoms with Gasteiger partial charge >= 0.3 is 6.01 Å². The van der Waals surface area contributed by atoms with E-state index in [0.717, 1.165) is 11.1 Å². The van der Waals surface area contributed by atoms with Crippen LogP contribution in [0, 0.1) is 0 Å². The zero-order chi connectivity index (χ0) is 15.4. The van der Waals surface area contributed by atoms with Gasteiger partial charge in [0, 0.05) is 16.1 Å². The molecule has 0 saturated heterocycles. The number of nitrogens with zero attached hydrogens (tertiary/aromatic N) is 2. The molecule has 3 rings (SSSR count). The van der Waals surface area contributed by atoms with E-state index in [2.05, 4.69) is 15.6 Å². The molecule has 6 nitrogen and oxygen atoms in total. The third-order valence-corrected chi connectivity index (χ3v) is 3.35. The average Bonchev–Trinajstić information content (AvgIpc) is 3.03. The lowest BCUT2D eigenvalue weighted by Gasteiger charge is -2.08. The standard InChI is InChI=1S/C15H13ClN4O2/c16-13-7-2-1-4-11(13)9-21-12-6-3-5-10(8-12)14-19-20-15(18-17)22-14/h1-8H,9,17H2,(H,18,20). The summed E-state index contributed by atoms with van der Waals surface area (Å²) in [6.45, 7) is 0.378. The summed E-state index contributed by atoms with van der Waals surface area (Å²) in [6, 6.07) is 15.0. The molecule has 0 radical (unpaired) electrons. The average molecular weight is 317 g/mol. The van der Waals surface area contributed by atoms with Crippen LogP contribution in [0.15, 0.2) is 52.9 Å². The minimum Gasteiger partial charge on any atom is -0.489 e. The second-order valence-electron chi connectivity index (χ2n) is 4.46. The second-order valence-corrected chi connectivity index (χ2v) is 4.87. The highest BCUT2D eigenvalue weighted by atomic mass is 35.5. The molecule has 3 aromatic rings. The van der Waals surface area contributed by atoms with E-state index in [1.54, 1.807) is 0 Å². The number of hydrazine groups is 1. The number of anilines is 1. The minimum atomic E-state index is 0.150. The van der Waals surface area contributed by atoms with E-state index in [1.807, 2.05) is 48.5 Å². The van der Waals surface area contributed by atoms with Crippen LogP contribution < -0.4 is 16.0 Å². The van der Waals surface area contributed by atoms with Gasteiger partial charge in [0.15, 0.2) is 0 Å². The minimum absolute atomic E-state index is 0.150. The van der Waals surface area contributed by atoms with Crippen molar-refractivity contribution in [3.05, 3.63) is 59.1 Å². The van der Waals surface area contributed by atoms with Gasteiger partial charge in [-0.2, -0.15) is 0 Å². The van der Waals surface area contributed by atoms with Crippen molar-refractivity contribution in [1.29, 1.82) is 0 Å². The van der Waals surface area contributed by atoms with Crippen LogP contribution in [-0.2, 0) is 6.61 Å². The highest BCUT2D eigenvalue weighted by Crippen LogP contribution is 2.25. The third-order valence-electron chi connectivity index (χ3n) is 2.98. The predicted molar refractivity (Wildman–Crippen MR) is 83.3 cm³/mol. The fourth-order valence-corrected chi connectivity index (χ4v) is 2.08. The maximum atomic E-state index is 6.10. The predicted octanol–water partition coefficient (Wildman–Crippen LogP) is 3.25. The zero-order valence-electron chi connectivity index (χ0n) is 11.5. The number of aromatic nitrogens is 2. The number of hydrogen-bond acceptors (Lipinski definition) is 6. The molecule has 0 aliphatic heterocycles. The van der Waals surface area contributed by atoms with E-state index in [4.69, 9.17) is 26.6 Å². The van der Waals surface area contributed by atoms with Crippen LogP contribution in [0.5, 0.6) is 5.75 Å². The molecule has 0 saturated carbocycles. The molecule has 7 heteroatoms. The zero-order valence-corrected chi connectivity index (χ0v) is 12.2. The van der Waals surface area contributed by atoms with Crippen molar-refractivity contribution in [3.63, 3.8) is 0 Å². The summed E-state index contributed by atoms with van der Waals surface area (Å²) < 4.78 is 11.1. The fraction of sp³-hybridized carbons (Fsp3) is 0.0667. The van der Waals surface area contributed by atoms with Gasteiger partial charge in [-0.3, -0.25) is 5.43 Å². The highest BCUT2D eigenvalue weighted by molar-refractivity contribution is 6.31. The maximum Gasteiger partial charge on any atom is 0.330 e. The Morgan fingerprint density at radius 2 is 2.00 bits per heavy atom. The lowest BCUT2D eigenvalue weighted by atomic mass is 10.2. The molecule has 1 heterocycles. The van der Waals surface area contributed by atoms with Crippen LogP contribution in [0.2, 0.25) is 5.02 Å². The molecule has 0 atom stereocenters. The SMILES string of the molecule is NNc1nnc(-c2cccc(OCc3ccccc3Cl)c2)o1. The van der Waals surface area contributed by atoms with Crippen molar-refractivity contribution < 1.29 is 9.15 Å². The van der Waals surface area contributed by atoms with Crippen molar-refractivity contribution in [2.45, 2.75) is 6.61 Å². The van der Waals surface area contributed by atoms with Gasteiger partial charge in [0.05, 0.1) is 0 Å². The fourth-order valence-electron chi connectivity index (χ4n) is 1.89. The summed E-state index contributed by atoms with van der Waals surface area (Å²) in [5.74, 6) is 6.25. The molecule has 0 aliphatic carbocycles. The summed E-state index contributed by atoms with van der Waals surface area (Å²) in [5, 5.41) is 8.31. The van der Waals surface area contributed by atoms with Gasteiger partial charge in [-0.1, -0.05) is 41.0 Å². The number of nitrogens with one attached hydrogen (secondary N) is 1. The molecule has 3 N–H and O–H groups in total. The van der Waals surface area contributed by atoms with E-state index in [9.17, 15) is 0 Å². The van der Waals surface area contributed by atoms with Crippen LogP contribution in [0.1, 0.15) is 5.56 Å². The molecular weight excluding hydrogens is 304 g/mol. The van der Waals surface area contributed by atoms with Crippen LogP contribution in [0.4, 0.5) is 6.01 Å². The summed E-state index contributed by atoms with van der Waals surface area (Å²) in [6.07, 6.45) is 0. The van der Waals surface area contributed by atoms with Gasteiger partial charge in [-0.05, 0) is 24.3 Å².